The first-order valence-corrected chi connectivity index (χ1v) is 8.00. The van der Waals surface area contributed by atoms with E-state index in [1.165, 1.54) is 0 Å². The molecule has 126 valence electrons. The molecule has 0 spiro atoms. The van der Waals surface area contributed by atoms with Crippen molar-refractivity contribution in [1.82, 2.24) is 5.32 Å². The van der Waals surface area contributed by atoms with Gasteiger partial charge in [-0.05, 0) is 36.6 Å². The molecule has 0 aliphatic carbocycles. The minimum Gasteiger partial charge on any atom is -0.378 e. The van der Waals surface area contributed by atoms with E-state index in [0.717, 1.165) is 32.0 Å². The lowest BCUT2D eigenvalue weighted by Crippen LogP contribution is -2.45. The largest absolute Gasteiger partial charge is 0.378 e. The molecular formula is C17H25N3O3. The zero-order chi connectivity index (χ0) is 16.8. The van der Waals surface area contributed by atoms with Crippen molar-refractivity contribution in [3.8, 4) is 0 Å². The third-order valence-corrected chi connectivity index (χ3v) is 3.86. The van der Waals surface area contributed by atoms with Crippen molar-refractivity contribution in [2.75, 3.05) is 31.2 Å². The lowest BCUT2D eigenvalue weighted by atomic mass is 10.0. The van der Waals surface area contributed by atoms with Gasteiger partial charge >= 0.3 is 0 Å². The number of carbonyl (C=O) groups excluding carboxylic acids is 2. The smallest absolute Gasteiger partial charge is 0.251 e. The van der Waals surface area contributed by atoms with Crippen LogP contribution < -0.4 is 16.0 Å². The van der Waals surface area contributed by atoms with Gasteiger partial charge in [0.05, 0.1) is 13.2 Å². The van der Waals surface area contributed by atoms with Gasteiger partial charge in [-0.2, -0.15) is 0 Å². The summed E-state index contributed by atoms with van der Waals surface area (Å²) in [4.78, 5) is 25.9. The SMILES string of the molecule is CC(C)C[C@H](NC(=O)c1ccc(N2CCOCC2)cc1)C(N)=O. The molecule has 6 nitrogen and oxygen atoms in total. The molecule has 0 saturated carbocycles. The molecule has 6 heteroatoms. The first kappa shape index (κ1) is 17.3. The lowest BCUT2D eigenvalue weighted by Gasteiger charge is -2.28. The van der Waals surface area contributed by atoms with Gasteiger partial charge in [-0.1, -0.05) is 13.8 Å². The molecule has 1 aromatic rings. The average molecular weight is 319 g/mol. The van der Waals surface area contributed by atoms with E-state index in [1.54, 1.807) is 12.1 Å². The Morgan fingerprint density at radius 2 is 1.83 bits per heavy atom. The summed E-state index contributed by atoms with van der Waals surface area (Å²) in [5.41, 5.74) is 6.95. The van der Waals surface area contributed by atoms with Crippen LogP contribution in [0, 0.1) is 5.92 Å². The van der Waals surface area contributed by atoms with Gasteiger partial charge in [-0.15, -0.1) is 0 Å². The Kier molecular flexibility index (Phi) is 5.98. The van der Waals surface area contributed by atoms with Crippen LogP contribution in [-0.4, -0.2) is 44.2 Å². The Morgan fingerprint density at radius 3 is 2.35 bits per heavy atom. The minimum absolute atomic E-state index is 0.275. The first-order valence-electron chi connectivity index (χ1n) is 8.00. The Bertz CT molecular complexity index is 537. The van der Waals surface area contributed by atoms with Crippen molar-refractivity contribution in [2.45, 2.75) is 26.3 Å². The topological polar surface area (TPSA) is 84.7 Å². The number of hydrogen-bond donors (Lipinski definition) is 2. The Morgan fingerprint density at radius 1 is 1.22 bits per heavy atom. The number of benzene rings is 1. The molecule has 1 saturated heterocycles. The van der Waals surface area contributed by atoms with Gasteiger partial charge in [0.1, 0.15) is 6.04 Å². The van der Waals surface area contributed by atoms with E-state index in [0.29, 0.717) is 12.0 Å². The van der Waals surface area contributed by atoms with Crippen LogP contribution >= 0.6 is 0 Å². The summed E-state index contributed by atoms with van der Waals surface area (Å²) in [6.07, 6.45) is 0.535. The van der Waals surface area contributed by atoms with Gasteiger partial charge < -0.3 is 20.7 Å². The zero-order valence-corrected chi connectivity index (χ0v) is 13.7. The molecule has 2 rings (SSSR count). The van der Waals surface area contributed by atoms with Gasteiger partial charge in [0.25, 0.3) is 5.91 Å². The molecule has 2 amide bonds. The number of carbonyl (C=O) groups is 2. The fraction of sp³-hybridized carbons (Fsp3) is 0.529. The van der Waals surface area contributed by atoms with Crippen LogP contribution in [0.25, 0.3) is 0 Å². The van der Waals surface area contributed by atoms with E-state index in [-0.39, 0.29) is 11.8 Å². The van der Waals surface area contributed by atoms with Crippen LogP contribution in [0.3, 0.4) is 0 Å². The predicted octanol–water partition coefficient (Wildman–Crippen LogP) is 1.15. The number of hydrogen-bond acceptors (Lipinski definition) is 4. The van der Waals surface area contributed by atoms with Crippen molar-refractivity contribution < 1.29 is 14.3 Å². The number of morpholine rings is 1. The number of ether oxygens (including phenoxy) is 1. The van der Waals surface area contributed by atoms with Crippen LogP contribution in [0.5, 0.6) is 0 Å². The maximum Gasteiger partial charge on any atom is 0.251 e. The zero-order valence-electron chi connectivity index (χ0n) is 13.7. The van der Waals surface area contributed by atoms with E-state index in [1.807, 2.05) is 26.0 Å². The van der Waals surface area contributed by atoms with Crippen molar-refractivity contribution in [1.29, 1.82) is 0 Å². The molecule has 1 aromatic carbocycles. The second-order valence-corrected chi connectivity index (χ2v) is 6.20. The number of nitrogens with zero attached hydrogens (tertiary/aromatic N) is 1. The summed E-state index contributed by atoms with van der Waals surface area (Å²) < 4.78 is 5.33. The van der Waals surface area contributed by atoms with Crippen molar-refractivity contribution in [2.24, 2.45) is 11.7 Å². The predicted molar refractivity (Wildman–Crippen MR) is 89.4 cm³/mol. The second kappa shape index (κ2) is 7.97. The summed E-state index contributed by atoms with van der Waals surface area (Å²) in [5.74, 6) is -0.503. The molecule has 1 atom stereocenters. The summed E-state index contributed by atoms with van der Waals surface area (Å²) in [6, 6.07) is 6.74. The standard InChI is InChI=1S/C17H25N3O3/c1-12(2)11-15(16(18)21)19-17(22)13-3-5-14(6-4-13)20-7-9-23-10-8-20/h3-6,12,15H,7-11H2,1-2H3,(H2,18,21)(H,19,22)/t15-/m0/s1. The van der Waals surface area contributed by atoms with Gasteiger partial charge in [0.2, 0.25) is 5.91 Å². The molecule has 1 heterocycles. The molecule has 0 bridgehead atoms. The average Bonchev–Trinajstić information content (AvgIpc) is 2.54. The van der Waals surface area contributed by atoms with Crippen LogP contribution in [0.15, 0.2) is 24.3 Å². The summed E-state index contributed by atoms with van der Waals surface area (Å²) in [5, 5.41) is 2.72. The molecule has 0 aromatic heterocycles. The first-order chi connectivity index (χ1) is 11.0. The molecule has 3 N–H and O–H groups in total. The molecule has 0 unspecified atom stereocenters. The third-order valence-electron chi connectivity index (χ3n) is 3.86. The highest BCUT2D eigenvalue weighted by Crippen LogP contribution is 2.17. The number of amides is 2. The molecular weight excluding hydrogens is 294 g/mol. The maximum absolute atomic E-state index is 12.3. The number of nitrogens with one attached hydrogen (secondary N) is 1. The highest BCUT2D eigenvalue weighted by molar-refractivity contribution is 5.97. The van der Waals surface area contributed by atoms with Gasteiger partial charge in [-0.3, -0.25) is 9.59 Å². The van der Waals surface area contributed by atoms with Crippen LogP contribution in [0.2, 0.25) is 0 Å². The second-order valence-electron chi connectivity index (χ2n) is 6.20. The van der Waals surface area contributed by atoms with E-state index in [2.05, 4.69) is 10.2 Å². The van der Waals surface area contributed by atoms with Crippen LogP contribution in [0.4, 0.5) is 5.69 Å². The van der Waals surface area contributed by atoms with Crippen LogP contribution in [-0.2, 0) is 9.53 Å². The molecule has 1 aliphatic heterocycles. The fourth-order valence-electron chi connectivity index (χ4n) is 2.60. The number of nitrogens with two attached hydrogens (primary N) is 1. The molecule has 1 fully saturated rings. The van der Waals surface area contributed by atoms with Crippen molar-refractivity contribution in [3.05, 3.63) is 29.8 Å². The van der Waals surface area contributed by atoms with Crippen molar-refractivity contribution in [3.63, 3.8) is 0 Å². The number of primary amides is 1. The number of anilines is 1. The Hall–Kier alpha value is -2.08. The lowest BCUT2D eigenvalue weighted by molar-refractivity contribution is -0.120. The van der Waals surface area contributed by atoms with Gasteiger partial charge in [0.15, 0.2) is 0 Å². The molecule has 1 aliphatic rings. The fourth-order valence-corrected chi connectivity index (χ4v) is 2.60. The van der Waals surface area contributed by atoms with Gasteiger partial charge in [-0.25, -0.2) is 0 Å². The van der Waals surface area contributed by atoms with Gasteiger partial charge in [0, 0.05) is 24.3 Å². The van der Waals surface area contributed by atoms with E-state index < -0.39 is 11.9 Å². The Labute approximate surface area is 137 Å². The summed E-state index contributed by atoms with van der Waals surface area (Å²) >= 11 is 0. The summed E-state index contributed by atoms with van der Waals surface area (Å²) in [7, 11) is 0. The third kappa shape index (κ3) is 4.96. The molecule has 23 heavy (non-hydrogen) atoms. The highest BCUT2D eigenvalue weighted by atomic mass is 16.5. The highest BCUT2D eigenvalue weighted by Gasteiger charge is 2.20. The van der Waals surface area contributed by atoms with E-state index in [9.17, 15) is 9.59 Å². The molecule has 0 radical (unpaired) electrons. The van der Waals surface area contributed by atoms with E-state index >= 15 is 0 Å². The van der Waals surface area contributed by atoms with E-state index in [4.69, 9.17) is 10.5 Å². The summed E-state index contributed by atoms with van der Waals surface area (Å²) in [6.45, 7) is 7.11. The van der Waals surface area contributed by atoms with Crippen LogP contribution in [0.1, 0.15) is 30.6 Å². The van der Waals surface area contributed by atoms with Crippen molar-refractivity contribution >= 4 is 17.5 Å². The Balaban J connectivity index is 2.00. The maximum atomic E-state index is 12.3. The monoisotopic (exact) mass is 319 g/mol. The minimum atomic E-state index is -0.638. The quantitative estimate of drug-likeness (QED) is 0.824. The number of rotatable bonds is 6. The normalized spacial score (nSPS) is 16.2.